The molecule has 9 heteroatoms. The molecule has 0 radical (unpaired) electrons. The average Bonchev–Trinajstić information content (AvgIpc) is 2.72. The lowest BCUT2D eigenvalue weighted by Gasteiger charge is -2.33. The van der Waals surface area contributed by atoms with Crippen LogP contribution in [0.2, 0.25) is 0 Å². The fourth-order valence-electron chi connectivity index (χ4n) is 3.57. The van der Waals surface area contributed by atoms with Crippen LogP contribution in [0.1, 0.15) is 41.3 Å². The third-order valence-corrected chi connectivity index (χ3v) is 6.54. The van der Waals surface area contributed by atoms with Gasteiger partial charge in [0.05, 0.1) is 39.6 Å². The van der Waals surface area contributed by atoms with Gasteiger partial charge in [-0.15, -0.1) is 0 Å². The Bertz CT molecular complexity index is 1110. The van der Waals surface area contributed by atoms with E-state index < -0.39 is 22.1 Å². The smallest absolute Gasteiger partial charge is 0.335 e. The van der Waals surface area contributed by atoms with Gasteiger partial charge in [-0.1, -0.05) is 13.0 Å². The minimum absolute atomic E-state index is 0.114. The molecule has 1 aliphatic rings. The van der Waals surface area contributed by atoms with Crippen LogP contribution < -0.4 is 9.62 Å². The van der Waals surface area contributed by atoms with Gasteiger partial charge in [0.2, 0.25) is 0 Å². The van der Waals surface area contributed by atoms with E-state index in [2.05, 4.69) is 4.72 Å². The summed E-state index contributed by atoms with van der Waals surface area (Å²) >= 11 is 0. The highest BCUT2D eigenvalue weighted by molar-refractivity contribution is 7.92. The molecule has 0 amide bonds. The van der Waals surface area contributed by atoms with Gasteiger partial charge in [0, 0.05) is 13.1 Å². The van der Waals surface area contributed by atoms with E-state index in [-0.39, 0.29) is 21.7 Å². The molecular formula is C21H23N3O5S. The highest BCUT2D eigenvalue weighted by Crippen LogP contribution is 2.32. The Labute approximate surface area is 175 Å². The predicted molar refractivity (Wildman–Crippen MR) is 112 cm³/mol. The predicted octanol–water partition coefficient (Wildman–Crippen LogP) is 2.58. The van der Waals surface area contributed by atoms with Gasteiger partial charge in [-0.05, 0) is 55.2 Å². The van der Waals surface area contributed by atoms with Crippen molar-refractivity contribution >= 4 is 27.4 Å². The minimum Gasteiger partial charge on any atom is -0.478 e. The fraction of sp³-hybridized carbons (Fsp3) is 0.333. The van der Waals surface area contributed by atoms with Crippen LogP contribution in [0.25, 0.3) is 0 Å². The number of aliphatic hydroxyl groups excluding tert-OH is 1. The van der Waals surface area contributed by atoms with Gasteiger partial charge >= 0.3 is 5.97 Å². The summed E-state index contributed by atoms with van der Waals surface area (Å²) in [6.07, 6.45) is 1.32. The highest BCUT2D eigenvalue weighted by Gasteiger charge is 2.25. The zero-order chi connectivity index (χ0) is 21.9. The molecule has 1 saturated heterocycles. The Morgan fingerprint density at radius 2 is 2.07 bits per heavy atom. The zero-order valence-corrected chi connectivity index (χ0v) is 17.3. The largest absolute Gasteiger partial charge is 0.478 e. The zero-order valence-electron chi connectivity index (χ0n) is 16.5. The number of benzene rings is 2. The van der Waals surface area contributed by atoms with E-state index in [0.29, 0.717) is 37.2 Å². The first kappa shape index (κ1) is 21.6. The van der Waals surface area contributed by atoms with E-state index in [4.69, 9.17) is 0 Å². The first-order chi connectivity index (χ1) is 14.2. The lowest BCUT2D eigenvalue weighted by Crippen LogP contribution is -2.38. The molecule has 1 atom stereocenters. The van der Waals surface area contributed by atoms with Crippen LogP contribution in [0.15, 0.2) is 41.3 Å². The van der Waals surface area contributed by atoms with Crippen molar-refractivity contribution in [3.05, 3.63) is 53.1 Å². The number of aryl methyl sites for hydroxylation is 1. The van der Waals surface area contributed by atoms with Crippen LogP contribution in [0, 0.1) is 11.3 Å². The number of aromatic carboxylic acids is 1. The number of aliphatic hydroxyl groups is 1. The number of piperidine rings is 1. The Morgan fingerprint density at radius 1 is 1.30 bits per heavy atom. The minimum atomic E-state index is -4.12. The second kappa shape index (κ2) is 8.73. The van der Waals surface area contributed by atoms with Gasteiger partial charge in [0.1, 0.15) is 0 Å². The number of carboxylic acids is 1. The Morgan fingerprint density at radius 3 is 2.70 bits per heavy atom. The normalized spacial score (nSPS) is 16.7. The van der Waals surface area contributed by atoms with Crippen molar-refractivity contribution in [3.8, 4) is 6.07 Å². The number of hydrogen-bond donors (Lipinski definition) is 3. The number of nitrogens with one attached hydrogen (secondary N) is 1. The average molecular weight is 429 g/mol. The van der Waals surface area contributed by atoms with E-state index in [0.717, 1.165) is 12.5 Å². The first-order valence-corrected chi connectivity index (χ1v) is 11.1. The summed E-state index contributed by atoms with van der Waals surface area (Å²) in [5.74, 6) is -1.22. The number of sulfonamides is 1. The van der Waals surface area contributed by atoms with E-state index in [1.165, 1.54) is 18.2 Å². The van der Waals surface area contributed by atoms with Crippen LogP contribution in [0.3, 0.4) is 0 Å². The summed E-state index contributed by atoms with van der Waals surface area (Å²) in [6, 6.07) is 10.7. The van der Waals surface area contributed by atoms with Crippen LogP contribution in [0.5, 0.6) is 0 Å². The molecule has 0 saturated carbocycles. The SMILES string of the molecule is CCc1ccc(C(=O)O)cc1S(=O)(=O)Nc1cc(C#N)ccc1N1CCC[C@@H](O)C1. The van der Waals surface area contributed by atoms with Crippen molar-refractivity contribution < 1.29 is 23.4 Å². The number of carbonyl (C=O) groups is 1. The number of hydrogen-bond acceptors (Lipinski definition) is 6. The summed E-state index contributed by atoms with van der Waals surface area (Å²) in [7, 11) is -4.12. The summed E-state index contributed by atoms with van der Waals surface area (Å²) < 4.78 is 28.9. The third-order valence-electron chi connectivity index (χ3n) is 5.09. The molecular weight excluding hydrogens is 406 g/mol. The number of nitrogens with zero attached hydrogens (tertiary/aromatic N) is 2. The van der Waals surface area contributed by atoms with Gasteiger partial charge in [-0.25, -0.2) is 13.2 Å². The molecule has 30 heavy (non-hydrogen) atoms. The van der Waals surface area contributed by atoms with Gasteiger partial charge in [0.15, 0.2) is 0 Å². The standard InChI is InChI=1S/C21H23N3O5S/c1-2-15-6-7-16(21(26)27)11-20(15)30(28,29)23-18-10-14(12-22)5-8-19(18)24-9-3-4-17(25)13-24/h5-8,10-11,17,23,25H,2-4,9,13H2,1H3,(H,26,27)/t17-/m1/s1. The third kappa shape index (κ3) is 4.56. The number of carboxylic acid groups (broad SMARTS) is 1. The molecule has 0 unspecified atom stereocenters. The van der Waals surface area contributed by atoms with E-state index in [9.17, 15) is 28.7 Å². The van der Waals surface area contributed by atoms with E-state index >= 15 is 0 Å². The molecule has 3 rings (SSSR count). The number of rotatable bonds is 6. The molecule has 8 nitrogen and oxygen atoms in total. The van der Waals surface area contributed by atoms with E-state index in [1.54, 1.807) is 19.1 Å². The lowest BCUT2D eigenvalue weighted by molar-refractivity contribution is 0.0696. The molecule has 1 aliphatic heterocycles. The number of nitriles is 1. The number of anilines is 2. The molecule has 1 fully saturated rings. The van der Waals surface area contributed by atoms with Gasteiger partial charge in [-0.3, -0.25) is 4.72 Å². The molecule has 0 bridgehead atoms. The molecule has 2 aromatic carbocycles. The van der Waals surface area contributed by atoms with Gasteiger partial charge in [0.25, 0.3) is 10.0 Å². The first-order valence-electron chi connectivity index (χ1n) is 9.61. The Hall–Kier alpha value is -3.09. The summed E-state index contributed by atoms with van der Waals surface area (Å²) in [5, 5.41) is 28.5. The second-order valence-electron chi connectivity index (χ2n) is 7.17. The van der Waals surface area contributed by atoms with Crippen molar-refractivity contribution in [2.75, 3.05) is 22.7 Å². The molecule has 0 aliphatic carbocycles. The maximum Gasteiger partial charge on any atom is 0.335 e. The molecule has 0 spiro atoms. The van der Waals surface area contributed by atoms with Crippen LogP contribution in [0.4, 0.5) is 11.4 Å². The quantitative estimate of drug-likeness (QED) is 0.643. The summed E-state index contributed by atoms with van der Waals surface area (Å²) in [6.45, 7) is 2.79. The van der Waals surface area contributed by atoms with Gasteiger partial charge < -0.3 is 15.1 Å². The molecule has 1 heterocycles. The summed E-state index contributed by atoms with van der Waals surface area (Å²) in [5.41, 5.74) is 1.41. The highest BCUT2D eigenvalue weighted by atomic mass is 32.2. The molecule has 3 N–H and O–H groups in total. The van der Waals surface area contributed by atoms with Gasteiger partial charge in [-0.2, -0.15) is 5.26 Å². The fourth-order valence-corrected chi connectivity index (χ4v) is 4.97. The molecule has 158 valence electrons. The Kier molecular flexibility index (Phi) is 6.29. The monoisotopic (exact) mass is 429 g/mol. The van der Waals surface area contributed by atoms with Crippen molar-refractivity contribution in [1.29, 1.82) is 5.26 Å². The lowest BCUT2D eigenvalue weighted by atomic mass is 10.1. The van der Waals surface area contributed by atoms with E-state index in [1.807, 2.05) is 11.0 Å². The van der Waals surface area contributed by atoms with Crippen molar-refractivity contribution in [2.24, 2.45) is 0 Å². The topological polar surface area (TPSA) is 131 Å². The van der Waals surface area contributed by atoms with Crippen LogP contribution in [-0.4, -0.2) is 43.8 Å². The summed E-state index contributed by atoms with van der Waals surface area (Å²) in [4.78, 5) is 13.1. The van der Waals surface area contributed by atoms with Crippen molar-refractivity contribution in [2.45, 2.75) is 37.2 Å². The molecule has 0 aromatic heterocycles. The van der Waals surface area contributed by atoms with Crippen molar-refractivity contribution in [3.63, 3.8) is 0 Å². The van der Waals surface area contributed by atoms with Crippen LogP contribution in [-0.2, 0) is 16.4 Å². The number of β-amino-alcohol motifs (C(OH)–C–C–N with tert-alkyl or cyclic N) is 1. The second-order valence-corrected chi connectivity index (χ2v) is 8.82. The Balaban J connectivity index is 2.05. The molecule has 2 aromatic rings. The maximum atomic E-state index is 13.2. The van der Waals surface area contributed by atoms with Crippen LogP contribution >= 0.6 is 0 Å². The van der Waals surface area contributed by atoms with Crippen molar-refractivity contribution in [1.82, 2.24) is 0 Å². The maximum absolute atomic E-state index is 13.2.